The van der Waals surface area contributed by atoms with E-state index in [4.69, 9.17) is 11.6 Å². The fourth-order valence-electron chi connectivity index (χ4n) is 2.36. The number of hydrogen-bond donors (Lipinski definition) is 1. The zero-order valence-corrected chi connectivity index (χ0v) is 12.7. The molecule has 0 aliphatic carbocycles. The summed E-state index contributed by atoms with van der Waals surface area (Å²) in [5.74, 6) is 0.900. The van der Waals surface area contributed by atoms with E-state index in [9.17, 15) is 4.79 Å². The first-order valence-electron chi connectivity index (χ1n) is 6.98. The van der Waals surface area contributed by atoms with Gasteiger partial charge in [0, 0.05) is 17.5 Å². The number of alkyl halides is 1. The SMILES string of the molecule is CC(C)C(CCCl)NC(=O)c1cccc2ccccc12. The molecule has 0 aliphatic heterocycles. The summed E-state index contributed by atoms with van der Waals surface area (Å²) in [6.45, 7) is 4.20. The largest absolute Gasteiger partial charge is 0.349 e. The van der Waals surface area contributed by atoms with E-state index in [0.29, 0.717) is 11.8 Å². The summed E-state index contributed by atoms with van der Waals surface area (Å²) in [7, 11) is 0. The van der Waals surface area contributed by atoms with Crippen LogP contribution in [0.1, 0.15) is 30.6 Å². The van der Waals surface area contributed by atoms with Crippen LogP contribution in [-0.2, 0) is 0 Å². The van der Waals surface area contributed by atoms with Gasteiger partial charge in [-0.1, -0.05) is 50.2 Å². The zero-order chi connectivity index (χ0) is 14.5. The minimum absolute atomic E-state index is 0.0226. The van der Waals surface area contributed by atoms with Crippen molar-refractivity contribution in [3.8, 4) is 0 Å². The summed E-state index contributed by atoms with van der Waals surface area (Å²) in [5, 5.41) is 5.17. The van der Waals surface area contributed by atoms with Crippen LogP contribution in [0.15, 0.2) is 42.5 Å². The molecule has 1 amide bonds. The molecule has 0 radical (unpaired) electrons. The van der Waals surface area contributed by atoms with Crippen LogP contribution in [0.5, 0.6) is 0 Å². The maximum absolute atomic E-state index is 12.5. The molecule has 0 bridgehead atoms. The molecule has 1 N–H and O–H groups in total. The van der Waals surface area contributed by atoms with Crippen molar-refractivity contribution in [2.75, 3.05) is 5.88 Å². The molecule has 0 spiro atoms. The third-order valence-corrected chi connectivity index (χ3v) is 3.79. The first-order chi connectivity index (χ1) is 9.63. The molecule has 0 aromatic heterocycles. The smallest absolute Gasteiger partial charge is 0.252 e. The van der Waals surface area contributed by atoms with Crippen molar-refractivity contribution in [2.24, 2.45) is 5.92 Å². The van der Waals surface area contributed by atoms with Crippen LogP contribution in [0.2, 0.25) is 0 Å². The average Bonchev–Trinajstić information content (AvgIpc) is 2.46. The fraction of sp³-hybridized carbons (Fsp3) is 0.353. The van der Waals surface area contributed by atoms with Gasteiger partial charge in [0.15, 0.2) is 0 Å². The molecule has 2 rings (SSSR count). The summed E-state index contributed by atoms with van der Waals surface area (Å²) >= 11 is 5.81. The van der Waals surface area contributed by atoms with Gasteiger partial charge in [-0.2, -0.15) is 0 Å². The molecule has 3 heteroatoms. The first kappa shape index (κ1) is 14.9. The number of fused-ring (bicyclic) bond motifs is 1. The predicted molar refractivity (Wildman–Crippen MR) is 85.4 cm³/mol. The minimum Gasteiger partial charge on any atom is -0.349 e. The molecule has 1 unspecified atom stereocenters. The van der Waals surface area contributed by atoms with Crippen molar-refractivity contribution in [3.63, 3.8) is 0 Å². The lowest BCUT2D eigenvalue weighted by Crippen LogP contribution is -2.38. The molecule has 0 aliphatic rings. The van der Waals surface area contributed by atoms with Gasteiger partial charge >= 0.3 is 0 Å². The number of rotatable bonds is 5. The van der Waals surface area contributed by atoms with Crippen LogP contribution in [0.25, 0.3) is 10.8 Å². The highest BCUT2D eigenvalue weighted by molar-refractivity contribution is 6.17. The van der Waals surface area contributed by atoms with E-state index in [2.05, 4.69) is 19.2 Å². The Kier molecular flexibility index (Phi) is 5.02. The topological polar surface area (TPSA) is 29.1 Å². The summed E-state index contributed by atoms with van der Waals surface area (Å²) in [5.41, 5.74) is 0.725. The van der Waals surface area contributed by atoms with Gasteiger partial charge in [0.25, 0.3) is 5.91 Å². The number of halogens is 1. The van der Waals surface area contributed by atoms with Gasteiger partial charge in [0.2, 0.25) is 0 Å². The Morgan fingerprint density at radius 2 is 1.85 bits per heavy atom. The predicted octanol–water partition coefficient (Wildman–Crippen LogP) is 4.22. The standard InChI is InChI=1S/C17H20ClNO/c1-12(2)16(10-11-18)19-17(20)15-9-5-7-13-6-3-4-8-14(13)15/h3-9,12,16H,10-11H2,1-2H3,(H,19,20). The van der Waals surface area contributed by atoms with E-state index in [1.165, 1.54) is 0 Å². The van der Waals surface area contributed by atoms with Crippen molar-refractivity contribution in [3.05, 3.63) is 48.0 Å². The number of amides is 1. The van der Waals surface area contributed by atoms with E-state index in [-0.39, 0.29) is 11.9 Å². The Labute approximate surface area is 125 Å². The lowest BCUT2D eigenvalue weighted by molar-refractivity contribution is 0.0926. The summed E-state index contributed by atoms with van der Waals surface area (Å²) in [4.78, 5) is 12.5. The lowest BCUT2D eigenvalue weighted by Gasteiger charge is -2.21. The second kappa shape index (κ2) is 6.76. The molecule has 0 saturated carbocycles. The molecule has 2 nitrogen and oxygen atoms in total. The first-order valence-corrected chi connectivity index (χ1v) is 7.51. The second-order valence-electron chi connectivity index (χ2n) is 5.33. The van der Waals surface area contributed by atoms with Crippen molar-refractivity contribution < 1.29 is 4.79 Å². The quantitative estimate of drug-likeness (QED) is 0.820. The fourth-order valence-corrected chi connectivity index (χ4v) is 2.59. The summed E-state index contributed by atoms with van der Waals surface area (Å²) in [6.07, 6.45) is 0.787. The van der Waals surface area contributed by atoms with Gasteiger partial charge in [0.05, 0.1) is 0 Å². The van der Waals surface area contributed by atoms with Crippen molar-refractivity contribution in [2.45, 2.75) is 26.3 Å². The highest BCUT2D eigenvalue weighted by Gasteiger charge is 2.17. The third-order valence-electron chi connectivity index (χ3n) is 3.58. The Bertz CT molecular complexity index is 589. The third kappa shape index (κ3) is 3.31. The van der Waals surface area contributed by atoms with Crippen LogP contribution < -0.4 is 5.32 Å². The molecular weight excluding hydrogens is 270 g/mol. The van der Waals surface area contributed by atoms with Crippen LogP contribution in [0.4, 0.5) is 0 Å². The Morgan fingerprint density at radius 1 is 1.15 bits per heavy atom. The van der Waals surface area contributed by atoms with Crippen LogP contribution >= 0.6 is 11.6 Å². The van der Waals surface area contributed by atoms with Gasteiger partial charge in [-0.15, -0.1) is 11.6 Å². The van der Waals surface area contributed by atoms with E-state index in [0.717, 1.165) is 22.8 Å². The maximum atomic E-state index is 12.5. The Morgan fingerprint density at radius 3 is 2.55 bits per heavy atom. The van der Waals surface area contributed by atoms with Crippen LogP contribution in [0, 0.1) is 5.92 Å². The van der Waals surface area contributed by atoms with Crippen LogP contribution in [-0.4, -0.2) is 17.8 Å². The maximum Gasteiger partial charge on any atom is 0.252 e. The van der Waals surface area contributed by atoms with E-state index in [1.807, 2.05) is 42.5 Å². The number of hydrogen-bond acceptors (Lipinski definition) is 1. The normalized spacial score (nSPS) is 12.6. The van der Waals surface area contributed by atoms with Crippen molar-refractivity contribution in [1.82, 2.24) is 5.32 Å². The number of benzene rings is 2. The molecule has 2 aromatic carbocycles. The molecule has 0 saturated heterocycles. The monoisotopic (exact) mass is 289 g/mol. The molecule has 20 heavy (non-hydrogen) atoms. The van der Waals surface area contributed by atoms with Gasteiger partial charge in [-0.25, -0.2) is 0 Å². The number of nitrogens with one attached hydrogen (secondary N) is 1. The zero-order valence-electron chi connectivity index (χ0n) is 11.9. The van der Waals surface area contributed by atoms with Crippen molar-refractivity contribution in [1.29, 1.82) is 0 Å². The highest BCUT2D eigenvalue weighted by atomic mass is 35.5. The van der Waals surface area contributed by atoms with E-state index < -0.39 is 0 Å². The van der Waals surface area contributed by atoms with E-state index in [1.54, 1.807) is 0 Å². The van der Waals surface area contributed by atoms with Gasteiger partial charge in [0.1, 0.15) is 0 Å². The number of carbonyl (C=O) groups excluding carboxylic acids is 1. The molecule has 106 valence electrons. The Hall–Kier alpha value is -1.54. The molecule has 1 atom stereocenters. The van der Waals surface area contributed by atoms with Gasteiger partial charge < -0.3 is 5.32 Å². The van der Waals surface area contributed by atoms with Crippen molar-refractivity contribution >= 4 is 28.3 Å². The van der Waals surface area contributed by atoms with Gasteiger partial charge in [-0.05, 0) is 29.2 Å². The second-order valence-corrected chi connectivity index (χ2v) is 5.71. The van der Waals surface area contributed by atoms with Gasteiger partial charge in [-0.3, -0.25) is 4.79 Å². The average molecular weight is 290 g/mol. The van der Waals surface area contributed by atoms with Crippen LogP contribution in [0.3, 0.4) is 0 Å². The lowest BCUT2D eigenvalue weighted by atomic mass is 10.00. The molecule has 2 aromatic rings. The molecular formula is C17H20ClNO. The van der Waals surface area contributed by atoms with E-state index >= 15 is 0 Å². The minimum atomic E-state index is -0.0226. The Balaban J connectivity index is 2.27. The summed E-state index contributed by atoms with van der Waals surface area (Å²) < 4.78 is 0. The molecule has 0 heterocycles. The summed E-state index contributed by atoms with van der Waals surface area (Å²) in [6, 6.07) is 13.9. The molecule has 0 fully saturated rings. The number of carbonyl (C=O) groups is 1. The highest BCUT2D eigenvalue weighted by Crippen LogP contribution is 2.19.